The fourth-order valence-electron chi connectivity index (χ4n) is 2.28. The van der Waals surface area contributed by atoms with Gasteiger partial charge in [0.2, 0.25) is 10.0 Å². The summed E-state index contributed by atoms with van der Waals surface area (Å²) in [7, 11) is -3.70. The first-order chi connectivity index (χ1) is 9.79. The molecule has 118 valence electrons. The molecule has 21 heavy (non-hydrogen) atoms. The van der Waals surface area contributed by atoms with Crippen molar-refractivity contribution in [1.29, 1.82) is 0 Å². The molecule has 0 amide bonds. The second-order valence-corrected chi connectivity index (χ2v) is 6.83. The topological polar surface area (TPSA) is 69.4 Å². The minimum atomic E-state index is -3.70. The monoisotopic (exact) mass is 311 g/mol. The highest BCUT2D eigenvalue weighted by molar-refractivity contribution is 7.89. The van der Waals surface area contributed by atoms with Gasteiger partial charge in [-0.05, 0) is 69.2 Å². The van der Waals surface area contributed by atoms with Gasteiger partial charge in [0.05, 0.1) is 11.5 Å². The predicted octanol–water partition coefficient (Wildman–Crippen LogP) is 3.38. The number of allylic oxidation sites excluding steroid dienone is 1. The molecule has 0 aromatic heterocycles. The Balaban J connectivity index is 2.81. The standard InChI is InChI=1S/C16H25NO3S/c1-5-6-7-8-9-10-20-16-12(2)11-15(21(17,18)19)13(3)14(16)4/h5,11H,1,6-10H2,2-4H3,(H2,17,18,19). The van der Waals surface area contributed by atoms with Crippen LogP contribution in [0.1, 0.15) is 42.4 Å². The molecule has 0 aliphatic carbocycles. The van der Waals surface area contributed by atoms with E-state index in [1.165, 1.54) is 0 Å². The average Bonchev–Trinajstić information content (AvgIpc) is 2.40. The number of rotatable bonds is 8. The number of nitrogens with two attached hydrogens (primary N) is 1. The number of sulfonamides is 1. The zero-order valence-corrected chi connectivity index (χ0v) is 13.9. The summed E-state index contributed by atoms with van der Waals surface area (Å²) in [6.45, 7) is 9.79. The average molecular weight is 311 g/mol. The molecule has 2 N–H and O–H groups in total. The Kier molecular flexibility index (Phi) is 6.42. The Morgan fingerprint density at radius 3 is 2.43 bits per heavy atom. The van der Waals surface area contributed by atoms with Crippen molar-refractivity contribution < 1.29 is 13.2 Å². The number of primary sulfonamides is 1. The first kappa shape index (κ1) is 17.7. The van der Waals surface area contributed by atoms with Crippen LogP contribution in [-0.2, 0) is 10.0 Å². The van der Waals surface area contributed by atoms with Crippen molar-refractivity contribution in [3.63, 3.8) is 0 Å². The van der Waals surface area contributed by atoms with E-state index >= 15 is 0 Å². The summed E-state index contributed by atoms with van der Waals surface area (Å²) >= 11 is 0. The number of hydrogen-bond donors (Lipinski definition) is 1. The lowest BCUT2D eigenvalue weighted by atomic mass is 10.1. The molecule has 1 aromatic rings. The molecule has 0 saturated heterocycles. The first-order valence-electron chi connectivity index (χ1n) is 7.16. The van der Waals surface area contributed by atoms with Gasteiger partial charge in [0.25, 0.3) is 0 Å². The van der Waals surface area contributed by atoms with Crippen LogP contribution >= 0.6 is 0 Å². The molecule has 1 aromatic carbocycles. The van der Waals surface area contributed by atoms with Gasteiger partial charge < -0.3 is 4.74 Å². The van der Waals surface area contributed by atoms with E-state index in [9.17, 15) is 8.42 Å². The quantitative estimate of drug-likeness (QED) is 0.591. The molecule has 0 saturated carbocycles. The van der Waals surface area contributed by atoms with Crippen LogP contribution in [0.3, 0.4) is 0 Å². The van der Waals surface area contributed by atoms with Crippen LogP contribution in [0.2, 0.25) is 0 Å². The van der Waals surface area contributed by atoms with Crippen molar-refractivity contribution in [2.75, 3.05) is 6.61 Å². The van der Waals surface area contributed by atoms with Crippen molar-refractivity contribution in [1.82, 2.24) is 0 Å². The molecule has 0 radical (unpaired) electrons. The van der Waals surface area contributed by atoms with Crippen LogP contribution in [0.5, 0.6) is 5.75 Å². The molecule has 0 heterocycles. The van der Waals surface area contributed by atoms with E-state index in [4.69, 9.17) is 9.88 Å². The van der Waals surface area contributed by atoms with Crippen LogP contribution in [0.4, 0.5) is 0 Å². The number of benzene rings is 1. The highest BCUT2D eigenvalue weighted by atomic mass is 32.2. The SMILES string of the molecule is C=CCCCCCOc1c(C)cc(S(N)(=O)=O)c(C)c1C. The maximum absolute atomic E-state index is 11.6. The Morgan fingerprint density at radius 1 is 1.19 bits per heavy atom. The number of hydrogen-bond acceptors (Lipinski definition) is 3. The van der Waals surface area contributed by atoms with Crippen molar-refractivity contribution >= 4 is 10.0 Å². The molecular weight excluding hydrogens is 286 g/mol. The summed E-state index contributed by atoms with van der Waals surface area (Å²) in [6.07, 6.45) is 6.14. The fourth-order valence-corrected chi connectivity index (χ4v) is 3.20. The minimum Gasteiger partial charge on any atom is -0.493 e. The van der Waals surface area contributed by atoms with Gasteiger partial charge in [-0.2, -0.15) is 0 Å². The smallest absolute Gasteiger partial charge is 0.238 e. The third kappa shape index (κ3) is 4.86. The molecule has 5 heteroatoms. The highest BCUT2D eigenvalue weighted by Gasteiger charge is 2.18. The largest absolute Gasteiger partial charge is 0.493 e. The molecule has 0 aliphatic rings. The van der Waals surface area contributed by atoms with E-state index in [0.717, 1.165) is 42.6 Å². The van der Waals surface area contributed by atoms with E-state index in [-0.39, 0.29) is 4.90 Å². The van der Waals surface area contributed by atoms with Crippen LogP contribution in [-0.4, -0.2) is 15.0 Å². The Morgan fingerprint density at radius 2 is 1.86 bits per heavy atom. The normalized spacial score (nSPS) is 11.4. The maximum atomic E-state index is 11.6. The van der Waals surface area contributed by atoms with Gasteiger partial charge in [0.15, 0.2) is 0 Å². The predicted molar refractivity (Wildman–Crippen MR) is 86.2 cm³/mol. The number of aryl methyl sites for hydroxylation is 1. The summed E-state index contributed by atoms with van der Waals surface area (Å²) in [5.74, 6) is 0.767. The van der Waals surface area contributed by atoms with Gasteiger partial charge in [-0.15, -0.1) is 6.58 Å². The molecule has 1 rings (SSSR count). The molecule has 0 aliphatic heterocycles. The summed E-state index contributed by atoms with van der Waals surface area (Å²) in [6, 6.07) is 1.59. The van der Waals surface area contributed by atoms with Gasteiger partial charge in [-0.25, -0.2) is 13.6 Å². The Hall–Kier alpha value is -1.33. The van der Waals surface area contributed by atoms with Gasteiger partial charge in [0.1, 0.15) is 5.75 Å². The van der Waals surface area contributed by atoms with Crippen LogP contribution in [0.15, 0.2) is 23.6 Å². The van der Waals surface area contributed by atoms with Crippen molar-refractivity contribution in [2.24, 2.45) is 5.14 Å². The summed E-state index contributed by atoms with van der Waals surface area (Å²) in [5, 5.41) is 5.24. The lowest BCUT2D eigenvalue weighted by molar-refractivity contribution is 0.301. The van der Waals surface area contributed by atoms with Gasteiger partial charge >= 0.3 is 0 Å². The van der Waals surface area contributed by atoms with Crippen LogP contribution < -0.4 is 9.88 Å². The number of unbranched alkanes of at least 4 members (excludes halogenated alkanes) is 3. The molecule has 0 atom stereocenters. The Labute approximate surface area is 128 Å². The Bertz CT molecular complexity index is 606. The lowest BCUT2D eigenvalue weighted by Crippen LogP contribution is -2.15. The molecule has 0 bridgehead atoms. The fraction of sp³-hybridized carbons (Fsp3) is 0.500. The van der Waals surface area contributed by atoms with Gasteiger partial charge in [-0.3, -0.25) is 0 Å². The van der Waals surface area contributed by atoms with E-state index in [1.54, 1.807) is 13.0 Å². The van der Waals surface area contributed by atoms with Crippen LogP contribution in [0.25, 0.3) is 0 Å². The molecule has 4 nitrogen and oxygen atoms in total. The highest BCUT2D eigenvalue weighted by Crippen LogP contribution is 2.30. The van der Waals surface area contributed by atoms with E-state index < -0.39 is 10.0 Å². The minimum absolute atomic E-state index is 0.177. The van der Waals surface area contributed by atoms with Gasteiger partial charge in [0, 0.05) is 0 Å². The third-order valence-corrected chi connectivity index (χ3v) is 4.62. The zero-order chi connectivity index (χ0) is 16.0. The summed E-state index contributed by atoms with van der Waals surface area (Å²) in [5.41, 5.74) is 2.29. The molecule has 0 unspecified atom stereocenters. The summed E-state index contributed by atoms with van der Waals surface area (Å²) in [4.78, 5) is 0.177. The van der Waals surface area contributed by atoms with Crippen molar-refractivity contribution in [3.05, 3.63) is 35.4 Å². The van der Waals surface area contributed by atoms with Crippen LogP contribution in [0, 0.1) is 20.8 Å². The maximum Gasteiger partial charge on any atom is 0.238 e. The molecule has 0 spiro atoms. The van der Waals surface area contributed by atoms with Gasteiger partial charge in [-0.1, -0.05) is 6.08 Å². The summed E-state index contributed by atoms with van der Waals surface area (Å²) < 4.78 is 29.0. The second-order valence-electron chi connectivity index (χ2n) is 5.30. The first-order valence-corrected chi connectivity index (χ1v) is 8.71. The van der Waals surface area contributed by atoms with Crippen molar-refractivity contribution in [3.8, 4) is 5.75 Å². The lowest BCUT2D eigenvalue weighted by Gasteiger charge is -2.16. The van der Waals surface area contributed by atoms with E-state index in [1.807, 2.05) is 19.9 Å². The second kappa shape index (κ2) is 7.61. The zero-order valence-electron chi connectivity index (χ0n) is 13.1. The van der Waals surface area contributed by atoms with E-state index in [0.29, 0.717) is 12.2 Å². The number of ether oxygens (including phenoxy) is 1. The van der Waals surface area contributed by atoms with E-state index in [2.05, 4.69) is 6.58 Å². The molecular formula is C16H25NO3S. The van der Waals surface area contributed by atoms with Crippen molar-refractivity contribution in [2.45, 2.75) is 51.3 Å². The third-order valence-electron chi connectivity index (χ3n) is 3.58. The molecule has 0 fully saturated rings.